The van der Waals surface area contributed by atoms with E-state index in [0.29, 0.717) is 5.56 Å². The van der Waals surface area contributed by atoms with Crippen molar-refractivity contribution < 1.29 is 12.8 Å². The normalized spacial score (nSPS) is 11.7. The van der Waals surface area contributed by atoms with Gasteiger partial charge in [0.2, 0.25) is 10.0 Å². The second-order valence-electron chi connectivity index (χ2n) is 3.28. The molecular formula is C9H7BrFN3O2S. The van der Waals surface area contributed by atoms with Crippen molar-refractivity contribution in [1.82, 2.24) is 10.2 Å². The first kappa shape index (κ1) is 12.2. The zero-order valence-electron chi connectivity index (χ0n) is 8.31. The molecule has 3 N–H and O–H groups in total. The first-order valence-corrected chi connectivity index (χ1v) is 6.75. The third-order valence-electron chi connectivity index (χ3n) is 2.12. The molecule has 0 amide bonds. The van der Waals surface area contributed by atoms with Gasteiger partial charge in [-0.25, -0.2) is 17.9 Å². The molecule has 0 radical (unpaired) electrons. The quantitative estimate of drug-likeness (QED) is 0.881. The fraction of sp³-hybridized carbons (Fsp3) is 0. The van der Waals surface area contributed by atoms with Crippen LogP contribution in [0.3, 0.4) is 0 Å². The predicted octanol–water partition coefficient (Wildman–Crippen LogP) is 1.63. The number of hydrogen-bond acceptors (Lipinski definition) is 3. The Morgan fingerprint density at radius 2 is 2.12 bits per heavy atom. The van der Waals surface area contributed by atoms with E-state index in [1.165, 1.54) is 18.2 Å². The van der Waals surface area contributed by atoms with Gasteiger partial charge in [-0.3, -0.25) is 5.10 Å². The van der Waals surface area contributed by atoms with Crippen LogP contribution in [0.4, 0.5) is 4.39 Å². The van der Waals surface area contributed by atoms with E-state index in [1.807, 2.05) is 0 Å². The van der Waals surface area contributed by atoms with Crippen molar-refractivity contribution in [1.29, 1.82) is 0 Å². The third kappa shape index (κ3) is 2.38. The average molecular weight is 320 g/mol. The van der Waals surface area contributed by atoms with Gasteiger partial charge in [0.05, 0.1) is 16.4 Å². The number of rotatable bonds is 2. The molecule has 0 saturated carbocycles. The molecule has 17 heavy (non-hydrogen) atoms. The van der Waals surface area contributed by atoms with E-state index < -0.39 is 15.8 Å². The lowest BCUT2D eigenvalue weighted by Gasteiger charge is -2.02. The summed E-state index contributed by atoms with van der Waals surface area (Å²) in [5, 5.41) is 11.2. The zero-order chi connectivity index (χ0) is 12.6. The minimum Gasteiger partial charge on any atom is -0.276 e. The van der Waals surface area contributed by atoms with E-state index in [1.54, 1.807) is 0 Å². The van der Waals surface area contributed by atoms with Gasteiger partial charge in [-0.15, -0.1) is 0 Å². The number of benzene rings is 1. The molecule has 8 heteroatoms. The molecule has 90 valence electrons. The number of hydrogen-bond donors (Lipinski definition) is 2. The van der Waals surface area contributed by atoms with Crippen molar-refractivity contribution in [3.05, 3.63) is 34.7 Å². The number of aromatic amines is 1. The van der Waals surface area contributed by atoms with Crippen LogP contribution in [0.15, 0.2) is 33.8 Å². The topological polar surface area (TPSA) is 88.8 Å². The van der Waals surface area contributed by atoms with Gasteiger partial charge in [0.25, 0.3) is 0 Å². The number of primary sulfonamides is 1. The van der Waals surface area contributed by atoms with Crippen LogP contribution in [0.5, 0.6) is 0 Å². The number of nitrogens with two attached hydrogens (primary N) is 1. The Hall–Kier alpha value is -1.25. The summed E-state index contributed by atoms with van der Waals surface area (Å²) >= 11 is 3.02. The summed E-state index contributed by atoms with van der Waals surface area (Å²) in [5.41, 5.74) is 0.702. The summed E-state index contributed by atoms with van der Waals surface area (Å²) in [6.07, 6.45) is 1.11. The van der Waals surface area contributed by atoms with Crippen LogP contribution < -0.4 is 5.14 Å². The number of H-pyrrole nitrogens is 1. The maximum Gasteiger partial charge on any atom is 0.241 e. The largest absolute Gasteiger partial charge is 0.276 e. The summed E-state index contributed by atoms with van der Waals surface area (Å²) < 4.78 is 35.8. The number of halogens is 2. The van der Waals surface area contributed by atoms with Gasteiger partial charge in [-0.1, -0.05) is 0 Å². The smallest absolute Gasteiger partial charge is 0.241 e. The highest BCUT2D eigenvalue weighted by Crippen LogP contribution is 2.27. The lowest BCUT2D eigenvalue weighted by molar-refractivity contribution is 0.598. The molecule has 1 aromatic carbocycles. The van der Waals surface area contributed by atoms with Crippen molar-refractivity contribution in [2.45, 2.75) is 4.90 Å². The van der Waals surface area contributed by atoms with E-state index in [0.717, 1.165) is 6.20 Å². The highest BCUT2D eigenvalue weighted by molar-refractivity contribution is 9.10. The molecule has 1 heterocycles. The van der Waals surface area contributed by atoms with E-state index >= 15 is 0 Å². The molecule has 1 aromatic heterocycles. The molecule has 0 fully saturated rings. The van der Waals surface area contributed by atoms with Gasteiger partial charge in [-0.05, 0) is 34.1 Å². The van der Waals surface area contributed by atoms with Crippen LogP contribution in [0.2, 0.25) is 0 Å². The van der Waals surface area contributed by atoms with Gasteiger partial charge in [0, 0.05) is 5.56 Å². The van der Waals surface area contributed by atoms with Crippen molar-refractivity contribution in [2.24, 2.45) is 5.14 Å². The Labute approximate surface area is 105 Å². The molecule has 2 aromatic rings. The highest BCUT2D eigenvalue weighted by Gasteiger charge is 2.18. The number of sulfonamides is 1. The minimum absolute atomic E-state index is 0.129. The number of aromatic nitrogens is 2. The van der Waals surface area contributed by atoms with Gasteiger partial charge in [0.15, 0.2) is 0 Å². The monoisotopic (exact) mass is 319 g/mol. The molecule has 0 aliphatic carbocycles. The molecular weight excluding hydrogens is 313 g/mol. The van der Waals surface area contributed by atoms with Crippen LogP contribution in [-0.2, 0) is 10.0 Å². The Morgan fingerprint density at radius 1 is 1.41 bits per heavy atom. The molecule has 0 bridgehead atoms. The summed E-state index contributed by atoms with van der Waals surface area (Å²) in [5.74, 6) is -0.439. The van der Waals surface area contributed by atoms with Crippen molar-refractivity contribution in [3.63, 3.8) is 0 Å². The molecule has 2 rings (SSSR count). The second-order valence-corrected chi connectivity index (χ2v) is 5.67. The first-order valence-electron chi connectivity index (χ1n) is 4.41. The molecule has 0 aliphatic rings. The minimum atomic E-state index is -3.86. The summed E-state index contributed by atoms with van der Waals surface area (Å²) in [6, 6.07) is 4.09. The molecule has 0 atom stereocenters. The zero-order valence-corrected chi connectivity index (χ0v) is 10.7. The molecule has 0 saturated heterocycles. The van der Waals surface area contributed by atoms with E-state index in [-0.39, 0.29) is 15.1 Å². The predicted molar refractivity (Wildman–Crippen MR) is 63.1 cm³/mol. The lowest BCUT2D eigenvalue weighted by atomic mass is 10.1. The maximum absolute atomic E-state index is 13.1. The maximum atomic E-state index is 13.1. The summed E-state index contributed by atoms with van der Waals surface area (Å²) in [7, 11) is -3.86. The fourth-order valence-corrected chi connectivity index (χ4v) is 2.38. The van der Waals surface area contributed by atoms with Crippen LogP contribution >= 0.6 is 15.9 Å². The Balaban J connectivity index is 2.62. The van der Waals surface area contributed by atoms with Crippen LogP contribution in [0, 0.1) is 5.82 Å². The van der Waals surface area contributed by atoms with Gasteiger partial charge >= 0.3 is 0 Å². The van der Waals surface area contributed by atoms with Gasteiger partial charge in [-0.2, -0.15) is 5.10 Å². The first-order chi connectivity index (χ1) is 7.89. The van der Waals surface area contributed by atoms with Crippen LogP contribution in [-0.4, -0.2) is 18.6 Å². The van der Waals surface area contributed by atoms with E-state index in [9.17, 15) is 12.8 Å². The van der Waals surface area contributed by atoms with Crippen LogP contribution in [0.1, 0.15) is 0 Å². The molecule has 0 aliphatic heterocycles. The van der Waals surface area contributed by atoms with Gasteiger partial charge in [0.1, 0.15) is 10.7 Å². The molecule has 5 nitrogen and oxygen atoms in total. The molecule has 0 spiro atoms. The summed E-state index contributed by atoms with van der Waals surface area (Å²) in [6.45, 7) is 0. The van der Waals surface area contributed by atoms with Crippen LogP contribution in [0.25, 0.3) is 11.3 Å². The number of nitrogens with zero attached hydrogens (tertiary/aromatic N) is 1. The van der Waals surface area contributed by atoms with E-state index in [2.05, 4.69) is 26.1 Å². The SMILES string of the molecule is NS(=O)(=O)c1cn[nH]c1-c1ccc(F)c(Br)c1. The Bertz CT molecular complexity index is 669. The third-order valence-corrected chi connectivity index (χ3v) is 3.65. The lowest BCUT2D eigenvalue weighted by Crippen LogP contribution is -2.12. The van der Waals surface area contributed by atoms with Gasteiger partial charge < -0.3 is 0 Å². The van der Waals surface area contributed by atoms with Crippen molar-refractivity contribution >= 4 is 26.0 Å². The molecule has 0 unspecified atom stereocenters. The van der Waals surface area contributed by atoms with E-state index in [4.69, 9.17) is 5.14 Å². The Morgan fingerprint density at radius 3 is 2.71 bits per heavy atom. The van der Waals surface area contributed by atoms with Crippen molar-refractivity contribution in [3.8, 4) is 11.3 Å². The Kier molecular flexibility index (Phi) is 3.02. The average Bonchev–Trinajstić information content (AvgIpc) is 2.70. The summed E-state index contributed by atoms with van der Waals surface area (Å²) in [4.78, 5) is -0.129. The second kappa shape index (κ2) is 4.21. The standard InChI is InChI=1S/C9H7BrFN3O2S/c10-6-3-5(1-2-7(6)11)9-8(4-13-14-9)17(12,15)16/h1-4H,(H,13,14)(H2,12,15,16). The number of nitrogens with one attached hydrogen (secondary N) is 1. The highest BCUT2D eigenvalue weighted by atomic mass is 79.9. The van der Waals surface area contributed by atoms with Crippen molar-refractivity contribution in [2.75, 3.05) is 0 Å². The fourth-order valence-electron chi connectivity index (χ4n) is 1.35.